The van der Waals surface area contributed by atoms with Crippen molar-refractivity contribution in [2.75, 3.05) is 20.2 Å². The van der Waals surface area contributed by atoms with E-state index in [1.54, 1.807) is 7.11 Å². The SMILES string of the molecule is CCC1CNCCC1c1ccc(OC)cc1C. The van der Waals surface area contributed by atoms with Crippen molar-refractivity contribution in [2.45, 2.75) is 32.6 Å². The number of nitrogens with one attached hydrogen (secondary N) is 1. The van der Waals surface area contributed by atoms with Gasteiger partial charge in [-0.05, 0) is 61.5 Å². The normalized spacial score (nSPS) is 24.6. The molecular formula is C15H23NO. The molecular weight excluding hydrogens is 210 g/mol. The third kappa shape index (κ3) is 2.63. The maximum atomic E-state index is 5.28. The third-order valence-electron chi connectivity index (χ3n) is 4.01. The van der Waals surface area contributed by atoms with Crippen molar-refractivity contribution < 1.29 is 4.74 Å². The van der Waals surface area contributed by atoms with Crippen LogP contribution in [0.15, 0.2) is 18.2 Å². The van der Waals surface area contributed by atoms with Gasteiger partial charge in [-0.3, -0.25) is 0 Å². The second-order valence-corrected chi connectivity index (χ2v) is 4.99. The van der Waals surface area contributed by atoms with E-state index in [4.69, 9.17) is 4.74 Å². The van der Waals surface area contributed by atoms with Crippen LogP contribution in [0.2, 0.25) is 0 Å². The molecule has 2 nitrogen and oxygen atoms in total. The highest BCUT2D eigenvalue weighted by Gasteiger charge is 2.25. The zero-order valence-electron chi connectivity index (χ0n) is 11.1. The number of piperidine rings is 1. The smallest absolute Gasteiger partial charge is 0.119 e. The van der Waals surface area contributed by atoms with Crippen molar-refractivity contribution in [3.63, 3.8) is 0 Å². The van der Waals surface area contributed by atoms with Crippen LogP contribution in [0.1, 0.15) is 36.8 Å². The standard InChI is InChI=1S/C15H23NO/c1-4-12-10-16-8-7-15(12)14-6-5-13(17-3)9-11(14)2/h5-6,9,12,15-16H,4,7-8,10H2,1-3H3. The molecule has 1 aromatic rings. The molecule has 2 heteroatoms. The molecule has 0 saturated carbocycles. The topological polar surface area (TPSA) is 21.3 Å². The van der Waals surface area contributed by atoms with Crippen molar-refractivity contribution in [1.82, 2.24) is 5.32 Å². The summed E-state index contributed by atoms with van der Waals surface area (Å²) in [6, 6.07) is 6.51. The van der Waals surface area contributed by atoms with E-state index in [2.05, 4.69) is 37.4 Å². The molecule has 1 N–H and O–H groups in total. The summed E-state index contributed by atoms with van der Waals surface area (Å²) in [5, 5.41) is 3.50. The largest absolute Gasteiger partial charge is 0.497 e. The van der Waals surface area contributed by atoms with Gasteiger partial charge in [-0.25, -0.2) is 0 Å². The Labute approximate surface area is 104 Å². The van der Waals surface area contributed by atoms with Crippen molar-refractivity contribution in [1.29, 1.82) is 0 Å². The number of aryl methyl sites for hydroxylation is 1. The molecule has 2 unspecified atom stereocenters. The Morgan fingerprint density at radius 2 is 2.24 bits per heavy atom. The highest BCUT2D eigenvalue weighted by Crippen LogP contribution is 2.35. The predicted molar refractivity (Wildman–Crippen MR) is 71.7 cm³/mol. The molecule has 2 rings (SSSR count). The van der Waals surface area contributed by atoms with Crippen LogP contribution in [0.4, 0.5) is 0 Å². The first kappa shape index (κ1) is 12.4. The fourth-order valence-corrected chi connectivity index (χ4v) is 2.95. The number of hydrogen-bond acceptors (Lipinski definition) is 2. The van der Waals surface area contributed by atoms with Crippen molar-refractivity contribution in [2.24, 2.45) is 5.92 Å². The Morgan fingerprint density at radius 1 is 1.41 bits per heavy atom. The van der Waals surface area contributed by atoms with Gasteiger partial charge in [0.15, 0.2) is 0 Å². The van der Waals surface area contributed by atoms with Crippen LogP contribution < -0.4 is 10.1 Å². The lowest BCUT2D eigenvalue weighted by Crippen LogP contribution is -2.35. The average Bonchev–Trinajstić information content (AvgIpc) is 2.38. The van der Waals surface area contributed by atoms with E-state index in [1.165, 1.54) is 24.0 Å². The molecule has 0 amide bonds. The number of hydrogen-bond donors (Lipinski definition) is 1. The second-order valence-electron chi connectivity index (χ2n) is 4.99. The summed E-state index contributed by atoms with van der Waals surface area (Å²) in [5.41, 5.74) is 2.88. The van der Waals surface area contributed by atoms with Crippen LogP contribution in [0.5, 0.6) is 5.75 Å². The minimum absolute atomic E-state index is 0.715. The van der Waals surface area contributed by atoms with E-state index >= 15 is 0 Å². The van der Waals surface area contributed by atoms with Crippen LogP contribution in [-0.4, -0.2) is 20.2 Å². The summed E-state index contributed by atoms with van der Waals surface area (Å²) in [4.78, 5) is 0. The fraction of sp³-hybridized carbons (Fsp3) is 0.600. The van der Waals surface area contributed by atoms with E-state index in [0.29, 0.717) is 5.92 Å². The number of methoxy groups -OCH3 is 1. The minimum atomic E-state index is 0.715. The third-order valence-corrected chi connectivity index (χ3v) is 4.01. The lowest BCUT2D eigenvalue weighted by atomic mass is 9.78. The van der Waals surface area contributed by atoms with Crippen LogP contribution in [0.3, 0.4) is 0 Å². The van der Waals surface area contributed by atoms with Gasteiger partial charge in [0.05, 0.1) is 7.11 Å². The van der Waals surface area contributed by atoms with Crippen molar-refractivity contribution in [3.05, 3.63) is 29.3 Å². The Hall–Kier alpha value is -1.02. The summed E-state index contributed by atoms with van der Waals surface area (Å²) in [5.74, 6) is 2.45. The molecule has 1 fully saturated rings. The van der Waals surface area contributed by atoms with E-state index < -0.39 is 0 Å². The Morgan fingerprint density at radius 3 is 2.88 bits per heavy atom. The predicted octanol–water partition coefficient (Wildman–Crippen LogP) is 3.11. The van der Waals surface area contributed by atoms with E-state index in [-0.39, 0.29) is 0 Å². The first-order chi connectivity index (χ1) is 8.26. The molecule has 0 radical (unpaired) electrons. The van der Waals surface area contributed by atoms with Gasteiger partial charge in [0, 0.05) is 0 Å². The van der Waals surface area contributed by atoms with Crippen LogP contribution in [-0.2, 0) is 0 Å². The van der Waals surface area contributed by atoms with Gasteiger partial charge >= 0.3 is 0 Å². The lowest BCUT2D eigenvalue weighted by molar-refractivity contribution is 0.317. The van der Waals surface area contributed by atoms with Crippen molar-refractivity contribution >= 4 is 0 Å². The van der Waals surface area contributed by atoms with E-state index in [1.807, 2.05) is 0 Å². The summed E-state index contributed by atoms with van der Waals surface area (Å²) < 4.78 is 5.28. The van der Waals surface area contributed by atoms with Crippen molar-refractivity contribution in [3.8, 4) is 5.75 Å². The van der Waals surface area contributed by atoms with Crippen LogP contribution in [0, 0.1) is 12.8 Å². The summed E-state index contributed by atoms with van der Waals surface area (Å²) >= 11 is 0. The van der Waals surface area contributed by atoms with Gasteiger partial charge in [0.2, 0.25) is 0 Å². The zero-order valence-corrected chi connectivity index (χ0v) is 11.1. The van der Waals surface area contributed by atoms with Crippen LogP contribution in [0.25, 0.3) is 0 Å². The minimum Gasteiger partial charge on any atom is -0.497 e. The molecule has 0 aromatic heterocycles. The van der Waals surface area contributed by atoms with Gasteiger partial charge in [0.1, 0.15) is 5.75 Å². The molecule has 1 heterocycles. The molecule has 1 saturated heterocycles. The maximum Gasteiger partial charge on any atom is 0.119 e. The summed E-state index contributed by atoms with van der Waals surface area (Å²) in [6.07, 6.45) is 2.51. The maximum absolute atomic E-state index is 5.28. The van der Waals surface area contributed by atoms with Gasteiger partial charge in [0.25, 0.3) is 0 Å². The molecule has 17 heavy (non-hydrogen) atoms. The average molecular weight is 233 g/mol. The molecule has 2 atom stereocenters. The molecule has 0 aliphatic carbocycles. The van der Waals surface area contributed by atoms with Gasteiger partial charge in [-0.2, -0.15) is 0 Å². The lowest BCUT2D eigenvalue weighted by Gasteiger charge is -2.33. The molecule has 0 bridgehead atoms. The van der Waals surface area contributed by atoms with Crippen LogP contribution >= 0.6 is 0 Å². The number of ether oxygens (including phenoxy) is 1. The van der Waals surface area contributed by atoms with Gasteiger partial charge in [-0.15, -0.1) is 0 Å². The van der Waals surface area contributed by atoms with E-state index in [9.17, 15) is 0 Å². The second kappa shape index (κ2) is 5.54. The van der Waals surface area contributed by atoms with Gasteiger partial charge < -0.3 is 10.1 Å². The van der Waals surface area contributed by atoms with Gasteiger partial charge in [-0.1, -0.05) is 19.4 Å². The first-order valence-corrected chi connectivity index (χ1v) is 6.61. The Balaban J connectivity index is 2.25. The monoisotopic (exact) mass is 233 g/mol. The molecule has 1 aliphatic heterocycles. The Kier molecular flexibility index (Phi) is 4.06. The number of rotatable bonds is 3. The van der Waals surface area contributed by atoms with E-state index in [0.717, 1.165) is 24.8 Å². The zero-order chi connectivity index (χ0) is 12.3. The highest BCUT2D eigenvalue weighted by molar-refractivity contribution is 5.37. The molecule has 94 valence electrons. The number of benzene rings is 1. The molecule has 1 aromatic carbocycles. The molecule has 1 aliphatic rings. The molecule has 0 spiro atoms. The highest BCUT2D eigenvalue weighted by atomic mass is 16.5. The summed E-state index contributed by atoms with van der Waals surface area (Å²) in [7, 11) is 1.73. The fourth-order valence-electron chi connectivity index (χ4n) is 2.95. The quantitative estimate of drug-likeness (QED) is 0.866. The Bertz CT molecular complexity index is 375. The first-order valence-electron chi connectivity index (χ1n) is 6.61. The summed E-state index contributed by atoms with van der Waals surface area (Å²) in [6.45, 7) is 6.80.